The molecule has 0 aliphatic carbocycles. The normalized spacial score (nSPS) is 10.8. The standard InChI is InChI=1S/C18H21NO4/c1-13-5-7-15(23-13)8-10-18(20)19(2)12-14-6-9-16(21-3)17(11-14)22-4/h5-11H,12H2,1-4H3/b10-8+. The van der Waals surface area contributed by atoms with Gasteiger partial charge in [0.05, 0.1) is 14.2 Å². The molecule has 0 unspecified atom stereocenters. The van der Waals surface area contributed by atoms with Gasteiger partial charge in [-0.15, -0.1) is 0 Å². The van der Waals surface area contributed by atoms with E-state index in [-0.39, 0.29) is 5.91 Å². The largest absolute Gasteiger partial charge is 0.493 e. The molecule has 1 aromatic carbocycles. The number of likely N-dealkylation sites (N-methyl/N-ethyl adjacent to an activating group) is 1. The molecule has 23 heavy (non-hydrogen) atoms. The molecule has 0 N–H and O–H groups in total. The summed E-state index contributed by atoms with van der Waals surface area (Å²) in [4.78, 5) is 13.8. The fraction of sp³-hybridized carbons (Fsp3) is 0.278. The number of hydrogen-bond donors (Lipinski definition) is 0. The summed E-state index contributed by atoms with van der Waals surface area (Å²) in [5.41, 5.74) is 0.959. The molecule has 0 bridgehead atoms. The van der Waals surface area contributed by atoms with Crippen molar-refractivity contribution in [2.24, 2.45) is 0 Å². The first-order valence-corrected chi connectivity index (χ1v) is 7.24. The number of carbonyl (C=O) groups is 1. The van der Waals surface area contributed by atoms with Gasteiger partial charge >= 0.3 is 0 Å². The molecule has 1 amide bonds. The molecule has 0 aliphatic heterocycles. The van der Waals surface area contributed by atoms with Crippen molar-refractivity contribution >= 4 is 12.0 Å². The van der Waals surface area contributed by atoms with Crippen LogP contribution in [0.2, 0.25) is 0 Å². The molecule has 5 heteroatoms. The number of nitrogens with zero attached hydrogens (tertiary/aromatic N) is 1. The van der Waals surface area contributed by atoms with Gasteiger partial charge < -0.3 is 18.8 Å². The Morgan fingerprint density at radius 2 is 1.91 bits per heavy atom. The highest BCUT2D eigenvalue weighted by molar-refractivity contribution is 5.91. The van der Waals surface area contributed by atoms with Gasteiger partial charge in [-0.3, -0.25) is 4.79 Å². The van der Waals surface area contributed by atoms with Crippen molar-refractivity contribution in [1.29, 1.82) is 0 Å². The number of amides is 1. The van der Waals surface area contributed by atoms with E-state index in [1.165, 1.54) is 6.08 Å². The van der Waals surface area contributed by atoms with Crippen LogP contribution < -0.4 is 9.47 Å². The third kappa shape index (κ3) is 4.39. The highest BCUT2D eigenvalue weighted by atomic mass is 16.5. The molecule has 0 fully saturated rings. The van der Waals surface area contributed by atoms with Crippen molar-refractivity contribution < 1.29 is 18.7 Å². The van der Waals surface area contributed by atoms with Gasteiger partial charge in [-0.2, -0.15) is 0 Å². The van der Waals surface area contributed by atoms with Crippen molar-refractivity contribution in [2.45, 2.75) is 13.5 Å². The van der Waals surface area contributed by atoms with E-state index in [4.69, 9.17) is 13.9 Å². The third-order valence-corrected chi connectivity index (χ3v) is 3.40. The molecular weight excluding hydrogens is 294 g/mol. The molecule has 0 atom stereocenters. The lowest BCUT2D eigenvalue weighted by Crippen LogP contribution is -2.24. The van der Waals surface area contributed by atoms with Gasteiger partial charge in [0, 0.05) is 19.7 Å². The third-order valence-electron chi connectivity index (χ3n) is 3.40. The molecule has 5 nitrogen and oxygen atoms in total. The monoisotopic (exact) mass is 315 g/mol. The van der Waals surface area contributed by atoms with E-state index in [2.05, 4.69) is 0 Å². The second-order valence-corrected chi connectivity index (χ2v) is 5.17. The fourth-order valence-electron chi connectivity index (χ4n) is 2.15. The number of carbonyl (C=O) groups excluding carboxylic acids is 1. The van der Waals surface area contributed by atoms with Crippen molar-refractivity contribution in [3.05, 3.63) is 53.5 Å². The Morgan fingerprint density at radius 1 is 1.17 bits per heavy atom. The van der Waals surface area contributed by atoms with Crippen molar-refractivity contribution in [2.75, 3.05) is 21.3 Å². The van der Waals surface area contributed by atoms with Crippen molar-refractivity contribution in [3.8, 4) is 11.5 Å². The van der Waals surface area contributed by atoms with E-state index in [0.717, 1.165) is 11.3 Å². The first-order chi connectivity index (χ1) is 11.0. The van der Waals surface area contributed by atoms with Gasteiger partial charge in [0.2, 0.25) is 5.91 Å². The molecule has 1 heterocycles. The van der Waals surface area contributed by atoms with Crippen LogP contribution in [-0.2, 0) is 11.3 Å². The molecule has 1 aromatic heterocycles. The molecule has 2 rings (SSSR count). The fourth-order valence-corrected chi connectivity index (χ4v) is 2.15. The molecule has 2 aromatic rings. The summed E-state index contributed by atoms with van der Waals surface area (Å²) in [5.74, 6) is 2.69. The average molecular weight is 315 g/mol. The molecule has 122 valence electrons. The number of ether oxygens (including phenoxy) is 2. The average Bonchev–Trinajstić information content (AvgIpc) is 2.97. The van der Waals surface area contributed by atoms with Crippen molar-refractivity contribution in [1.82, 2.24) is 4.90 Å². The van der Waals surface area contributed by atoms with Gasteiger partial charge in [-0.1, -0.05) is 6.07 Å². The zero-order valence-electron chi connectivity index (χ0n) is 13.8. The highest BCUT2D eigenvalue weighted by Crippen LogP contribution is 2.27. The quantitative estimate of drug-likeness (QED) is 0.768. The maximum atomic E-state index is 12.1. The van der Waals surface area contributed by atoms with Gasteiger partial charge in [-0.05, 0) is 42.8 Å². The van der Waals surface area contributed by atoms with Crippen molar-refractivity contribution in [3.63, 3.8) is 0 Å². The lowest BCUT2D eigenvalue weighted by atomic mass is 10.2. The zero-order chi connectivity index (χ0) is 16.8. The first-order valence-electron chi connectivity index (χ1n) is 7.24. The Morgan fingerprint density at radius 3 is 2.52 bits per heavy atom. The minimum absolute atomic E-state index is 0.103. The zero-order valence-corrected chi connectivity index (χ0v) is 13.8. The van der Waals surface area contributed by atoms with Crippen LogP contribution in [0.5, 0.6) is 11.5 Å². The number of benzene rings is 1. The van der Waals surface area contributed by atoms with E-state index in [1.807, 2.05) is 37.3 Å². The maximum Gasteiger partial charge on any atom is 0.246 e. The van der Waals surface area contributed by atoms with Gasteiger partial charge in [-0.25, -0.2) is 0 Å². The molecule has 0 radical (unpaired) electrons. The Bertz CT molecular complexity index is 703. The highest BCUT2D eigenvalue weighted by Gasteiger charge is 2.09. The number of furan rings is 1. The van der Waals surface area contributed by atoms with E-state index in [0.29, 0.717) is 23.8 Å². The minimum Gasteiger partial charge on any atom is -0.493 e. The predicted octanol–water partition coefficient (Wildman–Crippen LogP) is 3.28. The number of aryl methyl sites for hydroxylation is 1. The number of hydrogen-bond acceptors (Lipinski definition) is 4. The lowest BCUT2D eigenvalue weighted by molar-refractivity contribution is -0.125. The summed E-state index contributed by atoms with van der Waals surface area (Å²) in [7, 11) is 4.93. The Balaban J connectivity index is 2.02. The Labute approximate surface area is 136 Å². The van der Waals surface area contributed by atoms with Crippen LogP contribution in [-0.4, -0.2) is 32.1 Å². The molecule has 0 spiro atoms. The van der Waals surface area contributed by atoms with Crippen LogP contribution in [0, 0.1) is 6.92 Å². The van der Waals surface area contributed by atoms with Crippen LogP contribution >= 0.6 is 0 Å². The molecular formula is C18H21NO4. The Hall–Kier alpha value is -2.69. The minimum atomic E-state index is -0.103. The maximum absolute atomic E-state index is 12.1. The summed E-state index contributed by atoms with van der Waals surface area (Å²) < 4.78 is 15.9. The SMILES string of the molecule is COc1ccc(CN(C)C(=O)/C=C/c2ccc(C)o2)cc1OC. The van der Waals surface area contributed by atoms with E-state index in [1.54, 1.807) is 32.2 Å². The number of rotatable bonds is 6. The summed E-state index contributed by atoms with van der Waals surface area (Å²) in [6.07, 6.45) is 3.17. The number of methoxy groups -OCH3 is 2. The van der Waals surface area contributed by atoms with E-state index in [9.17, 15) is 4.79 Å². The second-order valence-electron chi connectivity index (χ2n) is 5.17. The van der Waals surface area contributed by atoms with Gasteiger partial charge in [0.25, 0.3) is 0 Å². The van der Waals surface area contributed by atoms with E-state index >= 15 is 0 Å². The summed E-state index contributed by atoms with van der Waals surface area (Å²) in [6.45, 7) is 2.34. The molecule has 0 aliphatic rings. The van der Waals surface area contributed by atoms with Crippen LogP contribution in [0.25, 0.3) is 6.08 Å². The van der Waals surface area contributed by atoms with Crippen LogP contribution in [0.15, 0.2) is 40.8 Å². The topological polar surface area (TPSA) is 51.9 Å². The van der Waals surface area contributed by atoms with Gasteiger partial charge in [0.15, 0.2) is 11.5 Å². The first kappa shape index (κ1) is 16.7. The van der Waals surface area contributed by atoms with Crippen LogP contribution in [0.3, 0.4) is 0 Å². The van der Waals surface area contributed by atoms with Crippen LogP contribution in [0.4, 0.5) is 0 Å². The van der Waals surface area contributed by atoms with E-state index < -0.39 is 0 Å². The predicted molar refractivity (Wildman–Crippen MR) is 88.5 cm³/mol. The smallest absolute Gasteiger partial charge is 0.246 e. The second kappa shape index (κ2) is 7.54. The summed E-state index contributed by atoms with van der Waals surface area (Å²) in [5, 5.41) is 0. The Kier molecular flexibility index (Phi) is 5.46. The van der Waals surface area contributed by atoms with Gasteiger partial charge in [0.1, 0.15) is 11.5 Å². The summed E-state index contributed by atoms with van der Waals surface area (Å²) in [6, 6.07) is 9.28. The molecule has 0 saturated carbocycles. The van der Waals surface area contributed by atoms with Crippen LogP contribution in [0.1, 0.15) is 17.1 Å². The summed E-state index contributed by atoms with van der Waals surface area (Å²) >= 11 is 0. The molecule has 0 saturated heterocycles. The lowest BCUT2D eigenvalue weighted by Gasteiger charge is -2.16.